The van der Waals surface area contributed by atoms with E-state index in [-0.39, 0.29) is 6.04 Å². The summed E-state index contributed by atoms with van der Waals surface area (Å²) in [6.45, 7) is 3.02. The summed E-state index contributed by atoms with van der Waals surface area (Å²) >= 11 is 1.96. The van der Waals surface area contributed by atoms with Crippen LogP contribution in [0.4, 0.5) is 0 Å². The van der Waals surface area contributed by atoms with E-state index in [1.165, 1.54) is 11.1 Å². The van der Waals surface area contributed by atoms with Crippen LogP contribution in [-0.2, 0) is 17.8 Å². The van der Waals surface area contributed by atoms with Crippen molar-refractivity contribution in [2.75, 3.05) is 5.75 Å². The average Bonchev–Trinajstić information content (AvgIpc) is 2.83. The van der Waals surface area contributed by atoms with E-state index in [4.69, 9.17) is 0 Å². The predicted molar refractivity (Wildman–Crippen MR) is 77.4 cm³/mol. The van der Waals surface area contributed by atoms with Crippen LogP contribution in [0.1, 0.15) is 24.5 Å². The first-order valence-corrected chi connectivity index (χ1v) is 7.87. The minimum Gasteiger partial charge on any atom is -0.480 e. The molecule has 0 bridgehead atoms. The fraction of sp³-hybridized carbons (Fsp3) is 0.533. The number of aliphatic carboxylic acids is 1. The van der Waals surface area contributed by atoms with Crippen LogP contribution in [0.2, 0.25) is 0 Å². The molecule has 3 nitrogen and oxygen atoms in total. The molecule has 1 N–H and O–H groups in total. The molecule has 3 atom stereocenters. The van der Waals surface area contributed by atoms with Crippen molar-refractivity contribution in [3.8, 4) is 0 Å². The molecule has 3 unspecified atom stereocenters. The Bertz CT molecular complexity index is 491. The summed E-state index contributed by atoms with van der Waals surface area (Å²) in [5.74, 6) is 0.381. The van der Waals surface area contributed by atoms with Crippen LogP contribution >= 0.6 is 11.8 Å². The van der Waals surface area contributed by atoms with Crippen molar-refractivity contribution in [1.29, 1.82) is 0 Å². The Morgan fingerprint density at radius 3 is 2.74 bits per heavy atom. The molecule has 1 saturated heterocycles. The summed E-state index contributed by atoms with van der Waals surface area (Å²) in [5.41, 5.74) is 2.49. The van der Waals surface area contributed by atoms with Gasteiger partial charge in [-0.2, -0.15) is 11.8 Å². The smallest absolute Gasteiger partial charge is 0.321 e. The van der Waals surface area contributed by atoms with Gasteiger partial charge in [0.25, 0.3) is 0 Å². The molecule has 2 aliphatic rings. The van der Waals surface area contributed by atoms with Crippen LogP contribution in [0.15, 0.2) is 24.3 Å². The van der Waals surface area contributed by atoms with Crippen LogP contribution in [0.3, 0.4) is 0 Å². The molecular weight excluding hydrogens is 258 g/mol. The van der Waals surface area contributed by atoms with E-state index in [0.717, 1.165) is 18.7 Å². The zero-order valence-electron chi connectivity index (χ0n) is 11.1. The molecule has 19 heavy (non-hydrogen) atoms. The second-order valence-corrected chi connectivity index (χ2v) is 7.00. The minimum atomic E-state index is -0.681. The lowest BCUT2D eigenvalue weighted by Crippen LogP contribution is -2.50. The number of carbonyl (C=O) groups is 1. The molecule has 0 saturated carbocycles. The van der Waals surface area contributed by atoms with Crippen LogP contribution in [-0.4, -0.2) is 39.1 Å². The molecule has 1 fully saturated rings. The number of hydrogen-bond acceptors (Lipinski definition) is 3. The van der Waals surface area contributed by atoms with Crippen LogP contribution < -0.4 is 0 Å². The number of hydrogen-bond donors (Lipinski definition) is 1. The Morgan fingerprint density at radius 2 is 2.11 bits per heavy atom. The van der Waals surface area contributed by atoms with Crippen molar-refractivity contribution in [2.45, 2.75) is 43.6 Å². The first kappa shape index (κ1) is 13.0. The Hall–Kier alpha value is -1.00. The lowest BCUT2D eigenvalue weighted by molar-refractivity contribution is -0.145. The Morgan fingerprint density at radius 1 is 1.37 bits per heavy atom. The normalized spacial score (nSPS) is 31.1. The number of rotatable bonds is 2. The van der Waals surface area contributed by atoms with Crippen molar-refractivity contribution < 1.29 is 9.90 Å². The molecule has 1 aromatic rings. The molecular formula is C15H19NO2S. The number of carboxylic acids is 1. The number of fused-ring (bicyclic) bond motifs is 1. The molecule has 0 radical (unpaired) electrons. The van der Waals surface area contributed by atoms with Gasteiger partial charge in [0, 0.05) is 23.6 Å². The molecule has 0 spiro atoms. The zero-order chi connectivity index (χ0) is 13.4. The van der Waals surface area contributed by atoms with Gasteiger partial charge in [-0.3, -0.25) is 9.69 Å². The van der Waals surface area contributed by atoms with Gasteiger partial charge in [0.15, 0.2) is 0 Å². The van der Waals surface area contributed by atoms with Crippen molar-refractivity contribution in [1.82, 2.24) is 4.90 Å². The van der Waals surface area contributed by atoms with Gasteiger partial charge in [-0.1, -0.05) is 31.2 Å². The van der Waals surface area contributed by atoms with Crippen LogP contribution in [0.25, 0.3) is 0 Å². The molecule has 3 rings (SSSR count). The van der Waals surface area contributed by atoms with Crippen molar-refractivity contribution in [2.24, 2.45) is 0 Å². The highest BCUT2D eigenvalue weighted by Gasteiger charge is 2.38. The fourth-order valence-electron chi connectivity index (χ4n) is 3.18. The van der Waals surface area contributed by atoms with E-state index < -0.39 is 5.97 Å². The third-order valence-corrected chi connectivity index (χ3v) is 5.55. The summed E-state index contributed by atoms with van der Waals surface area (Å²) in [7, 11) is 0. The number of thioether (sulfide) groups is 1. The maximum atomic E-state index is 11.6. The molecule has 0 aliphatic carbocycles. The second-order valence-electron chi connectivity index (χ2n) is 5.53. The highest BCUT2D eigenvalue weighted by Crippen LogP contribution is 2.34. The molecule has 2 aliphatic heterocycles. The summed E-state index contributed by atoms with van der Waals surface area (Å²) in [6.07, 6.45) is 1.75. The first-order valence-electron chi connectivity index (χ1n) is 6.82. The van der Waals surface area contributed by atoms with E-state index >= 15 is 0 Å². The monoisotopic (exact) mass is 277 g/mol. The maximum absolute atomic E-state index is 11.6. The summed E-state index contributed by atoms with van der Waals surface area (Å²) < 4.78 is 0. The largest absolute Gasteiger partial charge is 0.480 e. The highest BCUT2D eigenvalue weighted by atomic mass is 32.2. The average molecular weight is 277 g/mol. The van der Waals surface area contributed by atoms with Gasteiger partial charge in [0.2, 0.25) is 0 Å². The quantitative estimate of drug-likeness (QED) is 0.901. The van der Waals surface area contributed by atoms with Crippen molar-refractivity contribution in [3.05, 3.63) is 35.4 Å². The first-order chi connectivity index (χ1) is 9.15. The van der Waals surface area contributed by atoms with Gasteiger partial charge in [0.05, 0.1) is 0 Å². The van der Waals surface area contributed by atoms with E-state index in [9.17, 15) is 9.90 Å². The predicted octanol–water partition coefficient (Wildman–Crippen LogP) is 2.39. The third kappa shape index (κ3) is 2.51. The number of carboxylic acid groups (broad SMARTS) is 1. The van der Waals surface area contributed by atoms with Gasteiger partial charge in [-0.05, 0) is 24.0 Å². The minimum absolute atomic E-state index is 0.356. The van der Waals surface area contributed by atoms with Crippen LogP contribution in [0.5, 0.6) is 0 Å². The van der Waals surface area contributed by atoms with Crippen LogP contribution in [0, 0.1) is 0 Å². The van der Waals surface area contributed by atoms with Gasteiger partial charge < -0.3 is 5.11 Å². The molecule has 102 valence electrons. The second kappa shape index (κ2) is 5.17. The van der Waals surface area contributed by atoms with E-state index in [1.54, 1.807) is 0 Å². The fourth-order valence-corrected chi connectivity index (χ4v) is 4.42. The SMILES string of the molecule is CC1CC(N2Cc3ccccc3CC2C(=O)O)CS1. The molecule has 0 aromatic heterocycles. The molecule has 1 aromatic carbocycles. The summed E-state index contributed by atoms with van der Waals surface area (Å²) in [4.78, 5) is 13.8. The third-order valence-electron chi connectivity index (χ3n) is 4.22. The Labute approximate surface area is 118 Å². The van der Waals surface area contributed by atoms with Gasteiger partial charge in [0.1, 0.15) is 6.04 Å². The molecule has 0 amide bonds. The lowest BCUT2D eigenvalue weighted by Gasteiger charge is -2.38. The lowest BCUT2D eigenvalue weighted by atomic mass is 9.92. The summed E-state index contributed by atoms with van der Waals surface area (Å²) in [5, 5.41) is 10.2. The Balaban J connectivity index is 1.87. The van der Waals surface area contributed by atoms with Crippen molar-refractivity contribution >= 4 is 17.7 Å². The van der Waals surface area contributed by atoms with E-state index in [0.29, 0.717) is 17.7 Å². The Kier molecular flexibility index (Phi) is 3.54. The maximum Gasteiger partial charge on any atom is 0.321 e. The van der Waals surface area contributed by atoms with Gasteiger partial charge in [-0.15, -0.1) is 0 Å². The van der Waals surface area contributed by atoms with E-state index in [2.05, 4.69) is 24.0 Å². The topological polar surface area (TPSA) is 40.5 Å². The highest BCUT2D eigenvalue weighted by molar-refractivity contribution is 8.00. The standard InChI is InChI=1S/C15H19NO2S/c1-10-6-13(9-19-10)16-8-12-5-3-2-4-11(12)7-14(16)15(17)18/h2-5,10,13-14H,6-9H2,1H3,(H,17,18). The molecule has 4 heteroatoms. The number of nitrogens with zero attached hydrogens (tertiary/aromatic N) is 1. The van der Waals surface area contributed by atoms with Gasteiger partial charge >= 0.3 is 5.97 Å². The molecule has 2 heterocycles. The summed E-state index contributed by atoms with van der Waals surface area (Å²) in [6, 6.07) is 8.30. The van der Waals surface area contributed by atoms with Gasteiger partial charge in [-0.25, -0.2) is 0 Å². The number of benzene rings is 1. The zero-order valence-corrected chi connectivity index (χ0v) is 11.9. The van der Waals surface area contributed by atoms with E-state index in [1.807, 2.05) is 23.9 Å². The van der Waals surface area contributed by atoms with Crippen molar-refractivity contribution in [3.63, 3.8) is 0 Å².